The summed E-state index contributed by atoms with van der Waals surface area (Å²) in [5, 5.41) is 10.4. The number of benzene rings is 1. The predicted molar refractivity (Wildman–Crippen MR) is 102 cm³/mol. The first-order valence-electron chi connectivity index (χ1n) is 8.76. The molecule has 1 aromatic heterocycles. The third-order valence-corrected chi connectivity index (χ3v) is 9.84. The van der Waals surface area contributed by atoms with Gasteiger partial charge >= 0.3 is 0 Å². The Morgan fingerprint density at radius 3 is 2.68 bits per heavy atom. The minimum atomic E-state index is -1.88. The van der Waals surface area contributed by atoms with Crippen LogP contribution in [0.3, 0.4) is 0 Å². The summed E-state index contributed by atoms with van der Waals surface area (Å²) in [6.07, 6.45) is 4.12. The van der Waals surface area contributed by atoms with Crippen molar-refractivity contribution in [1.82, 2.24) is 9.55 Å². The highest BCUT2D eigenvalue weighted by Gasteiger charge is 2.39. The fourth-order valence-electron chi connectivity index (χ4n) is 2.62. The number of hydrogen-bond donors (Lipinski definition) is 1. The van der Waals surface area contributed by atoms with E-state index in [1.54, 1.807) is 12.4 Å². The van der Waals surface area contributed by atoms with Crippen LogP contribution >= 0.6 is 0 Å². The molecular formula is C19H28N2O3Si. The molecule has 3 rings (SSSR count). The van der Waals surface area contributed by atoms with E-state index in [0.29, 0.717) is 6.61 Å². The molecule has 0 saturated carbocycles. The molecule has 1 aliphatic heterocycles. The van der Waals surface area contributed by atoms with Crippen molar-refractivity contribution in [3.05, 3.63) is 42.7 Å². The van der Waals surface area contributed by atoms with Crippen molar-refractivity contribution in [2.75, 3.05) is 6.61 Å². The summed E-state index contributed by atoms with van der Waals surface area (Å²) < 4.78 is 14.4. The average molecular weight is 361 g/mol. The molecule has 0 spiro atoms. The summed E-state index contributed by atoms with van der Waals surface area (Å²) >= 11 is 0. The number of aromatic nitrogens is 2. The second kappa shape index (κ2) is 6.68. The van der Waals surface area contributed by atoms with Crippen molar-refractivity contribution in [3.8, 4) is 0 Å². The maximum atomic E-state index is 10.3. The molecule has 1 aromatic carbocycles. The van der Waals surface area contributed by atoms with Gasteiger partial charge in [0, 0.05) is 0 Å². The predicted octanol–water partition coefficient (Wildman–Crippen LogP) is 3.87. The lowest BCUT2D eigenvalue weighted by atomic mass is 10.1. The van der Waals surface area contributed by atoms with Crippen LogP contribution in [0.2, 0.25) is 18.1 Å². The van der Waals surface area contributed by atoms with Gasteiger partial charge in [-0.1, -0.05) is 39.0 Å². The SMILES string of the molecule is CC(C)(C)[Si](C)(C)OC[C@@H]1O[C@@H](n2cnc3ccccc32)C=C[C@H]1O. The van der Waals surface area contributed by atoms with Gasteiger partial charge in [-0.15, -0.1) is 0 Å². The number of fused-ring (bicyclic) bond motifs is 1. The van der Waals surface area contributed by atoms with Gasteiger partial charge in [0.2, 0.25) is 0 Å². The van der Waals surface area contributed by atoms with E-state index in [2.05, 4.69) is 38.8 Å². The van der Waals surface area contributed by atoms with Gasteiger partial charge in [-0.05, 0) is 36.3 Å². The molecule has 2 aromatic rings. The van der Waals surface area contributed by atoms with E-state index < -0.39 is 14.4 Å². The van der Waals surface area contributed by atoms with E-state index in [4.69, 9.17) is 9.16 Å². The number of hydrogen-bond acceptors (Lipinski definition) is 4. The number of aliphatic hydroxyl groups excluding tert-OH is 1. The molecule has 0 unspecified atom stereocenters. The van der Waals surface area contributed by atoms with Gasteiger partial charge in [-0.2, -0.15) is 0 Å². The summed E-state index contributed by atoms with van der Waals surface area (Å²) in [5.74, 6) is 0. The highest BCUT2D eigenvalue weighted by molar-refractivity contribution is 6.74. The Morgan fingerprint density at radius 2 is 1.96 bits per heavy atom. The summed E-state index contributed by atoms with van der Waals surface area (Å²) in [6, 6.07) is 7.95. The molecule has 0 saturated heterocycles. The highest BCUT2D eigenvalue weighted by atomic mass is 28.4. The summed E-state index contributed by atoms with van der Waals surface area (Å²) in [7, 11) is -1.88. The van der Waals surface area contributed by atoms with E-state index in [1.807, 2.05) is 34.9 Å². The number of aliphatic hydroxyl groups is 1. The van der Waals surface area contributed by atoms with Crippen LogP contribution < -0.4 is 0 Å². The van der Waals surface area contributed by atoms with Gasteiger partial charge in [0.25, 0.3) is 0 Å². The fraction of sp³-hybridized carbons (Fsp3) is 0.526. The van der Waals surface area contributed by atoms with Crippen LogP contribution in [0.1, 0.15) is 27.0 Å². The minimum Gasteiger partial charge on any atom is -0.414 e. The number of rotatable bonds is 4. The molecule has 0 amide bonds. The maximum absolute atomic E-state index is 10.3. The first-order chi connectivity index (χ1) is 11.7. The molecule has 1 aliphatic rings. The molecule has 0 radical (unpaired) electrons. The Labute approximate surface area is 150 Å². The second-order valence-corrected chi connectivity index (χ2v) is 13.0. The monoisotopic (exact) mass is 360 g/mol. The minimum absolute atomic E-state index is 0.127. The number of nitrogens with zero attached hydrogens (tertiary/aromatic N) is 2. The number of ether oxygens (including phenoxy) is 1. The summed E-state index contributed by atoms with van der Waals surface area (Å²) in [4.78, 5) is 4.42. The third kappa shape index (κ3) is 3.72. The van der Waals surface area contributed by atoms with Gasteiger partial charge in [-0.25, -0.2) is 4.98 Å². The van der Waals surface area contributed by atoms with E-state index in [0.717, 1.165) is 11.0 Å². The average Bonchev–Trinajstić information content (AvgIpc) is 2.97. The molecule has 2 heterocycles. The van der Waals surface area contributed by atoms with E-state index in [1.165, 1.54) is 0 Å². The Bertz CT molecular complexity index is 763. The van der Waals surface area contributed by atoms with E-state index >= 15 is 0 Å². The smallest absolute Gasteiger partial charge is 0.192 e. The van der Waals surface area contributed by atoms with Crippen molar-refractivity contribution in [2.24, 2.45) is 0 Å². The number of para-hydroxylation sites is 2. The molecule has 3 atom stereocenters. The number of imidazole rings is 1. The molecule has 0 bridgehead atoms. The van der Waals surface area contributed by atoms with Crippen molar-refractivity contribution in [3.63, 3.8) is 0 Å². The lowest BCUT2D eigenvalue weighted by Crippen LogP contribution is -2.46. The molecule has 6 heteroatoms. The van der Waals surface area contributed by atoms with Crippen LogP contribution in [-0.2, 0) is 9.16 Å². The first kappa shape index (κ1) is 18.3. The lowest BCUT2D eigenvalue weighted by molar-refractivity contribution is -0.0997. The summed E-state index contributed by atoms with van der Waals surface area (Å²) in [5.41, 5.74) is 1.94. The van der Waals surface area contributed by atoms with Crippen molar-refractivity contribution < 1.29 is 14.3 Å². The van der Waals surface area contributed by atoms with Crippen LogP contribution in [0.25, 0.3) is 11.0 Å². The van der Waals surface area contributed by atoms with Gasteiger partial charge < -0.3 is 18.8 Å². The van der Waals surface area contributed by atoms with E-state index in [-0.39, 0.29) is 17.4 Å². The normalized spacial score (nSPS) is 24.8. The molecule has 136 valence electrons. The van der Waals surface area contributed by atoms with Crippen LogP contribution in [0.4, 0.5) is 0 Å². The van der Waals surface area contributed by atoms with Crippen LogP contribution in [0.15, 0.2) is 42.7 Å². The Balaban J connectivity index is 1.75. The largest absolute Gasteiger partial charge is 0.414 e. The van der Waals surface area contributed by atoms with Gasteiger partial charge in [0.15, 0.2) is 14.5 Å². The zero-order chi connectivity index (χ0) is 18.2. The second-order valence-electron chi connectivity index (χ2n) is 8.15. The van der Waals surface area contributed by atoms with Crippen molar-refractivity contribution in [1.29, 1.82) is 0 Å². The van der Waals surface area contributed by atoms with Crippen LogP contribution in [-0.4, -0.2) is 41.8 Å². The molecule has 5 nitrogen and oxygen atoms in total. The first-order valence-corrected chi connectivity index (χ1v) is 11.7. The maximum Gasteiger partial charge on any atom is 0.192 e. The standard InChI is InChI=1S/C19H28N2O3Si/c1-19(2,3)25(4,5)23-12-17-16(22)10-11-18(24-17)21-13-20-14-8-6-7-9-15(14)21/h6-11,13,16-18,22H,12H2,1-5H3/t16-,17+,18-/m1/s1. The lowest BCUT2D eigenvalue weighted by Gasteiger charge is -2.38. The van der Waals surface area contributed by atoms with Crippen LogP contribution in [0.5, 0.6) is 0 Å². The van der Waals surface area contributed by atoms with Gasteiger partial charge in [0.05, 0.1) is 24.0 Å². The summed E-state index contributed by atoms with van der Waals surface area (Å²) in [6.45, 7) is 11.4. The van der Waals surface area contributed by atoms with E-state index in [9.17, 15) is 5.11 Å². The van der Waals surface area contributed by atoms with Crippen molar-refractivity contribution in [2.45, 2.75) is 57.3 Å². The van der Waals surface area contributed by atoms with Gasteiger partial charge in [0.1, 0.15) is 12.2 Å². The quantitative estimate of drug-likeness (QED) is 0.664. The topological polar surface area (TPSA) is 56.5 Å². The molecule has 0 aliphatic carbocycles. The molecular weight excluding hydrogens is 332 g/mol. The zero-order valence-electron chi connectivity index (χ0n) is 15.6. The Kier molecular flexibility index (Phi) is 4.90. The Hall–Kier alpha value is -1.47. The molecule has 0 fully saturated rings. The third-order valence-electron chi connectivity index (χ3n) is 5.34. The molecule has 1 N–H and O–H groups in total. The molecule has 25 heavy (non-hydrogen) atoms. The fourth-order valence-corrected chi connectivity index (χ4v) is 3.64. The van der Waals surface area contributed by atoms with Crippen LogP contribution in [0, 0.1) is 0 Å². The zero-order valence-corrected chi connectivity index (χ0v) is 16.6. The van der Waals surface area contributed by atoms with Gasteiger partial charge in [-0.3, -0.25) is 0 Å². The van der Waals surface area contributed by atoms with Crippen molar-refractivity contribution >= 4 is 19.4 Å². The highest BCUT2D eigenvalue weighted by Crippen LogP contribution is 2.37. The Morgan fingerprint density at radius 1 is 1.24 bits per heavy atom.